The molecular formula is C15H16N6O. The van der Waals surface area contributed by atoms with E-state index in [1.807, 2.05) is 13.1 Å². The van der Waals surface area contributed by atoms with Crippen LogP contribution in [0.3, 0.4) is 0 Å². The Morgan fingerprint density at radius 1 is 1.14 bits per heavy atom. The number of oxazole rings is 1. The van der Waals surface area contributed by atoms with Crippen molar-refractivity contribution in [2.45, 2.75) is 39.7 Å². The second-order valence-electron chi connectivity index (χ2n) is 5.47. The molecule has 112 valence electrons. The SMILES string of the molecule is Cc1nc(NCc2ncc3c(n2)CCC3)c2nc(C)oc2n1. The van der Waals surface area contributed by atoms with E-state index in [9.17, 15) is 0 Å². The minimum atomic E-state index is 0.502. The predicted molar refractivity (Wildman–Crippen MR) is 80.5 cm³/mol. The maximum Gasteiger partial charge on any atom is 0.252 e. The van der Waals surface area contributed by atoms with Gasteiger partial charge in [0.25, 0.3) is 5.71 Å². The van der Waals surface area contributed by atoms with Crippen molar-refractivity contribution in [3.8, 4) is 0 Å². The molecule has 22 heavy (non-hydrogen) atoms. The first kappa shape index (κ1) is 13.1. The summed E-state index contributed by atoms with van der Waals surface area (Å²) in [6.07, 6.45) is 5.25. The molecule has 0 spiro atoms. The zero-order valence-electron chi connectivity index (χ0n) is 12.6. The molecule has 0 saturated carbocycles. The van der Waals surface area contributed by atoms with Crippen LogP contribution in [0.5, 0.6) is 0 Å². The first-order chi connectivity index (χ1) is 10.7. The van der Waals surface area contributed by atoms with Crippen molar-refractivity contribution in [1.82, 2.24) is 24.9 Å². The number of nitrogens with zero attached hydrogens (tertiary/aromatic N) is 5. The van der Waals surface area contributed by atoms with Crippen LogP contribution in [0.2, 0.25) is 0 Å². The molecule has 7 nitrogen and oxygen atoms in total. The Morgan fingerprint density at radius 3 is 2.95 bits per heavy atom. The Bertz CT molecular complexity index is 857. The maximum absolute atomic E-state index is 5.47. The van der Waals surface area contributed by atoms with Crippen molar-refractivity contribution in [2.24, 2.45) is 0 Å². The minimum Gasteiger partial charge on any atom is -0.422 e. The molecule has 0 aliphatic heterocycles. The van der Waals surface area contributed by atoms with E-state index in [0.717, 1.165) is 18.7 Å². The van der Waals surface area contributed by atoms with Gasteiger partial charge < -0.3 is 9.73 Å². The third-order valence-corrected chi connectivity index (χ3v) is 3.76. The van der Waals surface area contributed by atoms with Crippen molar-refractivity contribution < 1.29 is 4.42 Å². The van der Waals surface area contributed by atoms with E-state index in [1.54, 1.807) is 6.92 Å². The highest BCUT2D eigenvalue weighted by Crippen LogP contribution is 2.22. The number of hydrogen-bond donors (Lipinski definition) is 1. The topological polar surface area (TPSA) is 89.6 Å². The molecule has 1 aliphatic carbocycles. The van der Waals surface area contributed by atoms with Gasteiger partial charge in [-0.15, -0.1) is 0 Å². The summed E-state index contributed by atoms with van der Waals surface area (Å²) in [5.41, 5.74) is 3.59. The Hall–Kier alpha value is -2.57. The molecule has 0 bridgehead atoms. The number of nitrogens with one attached hydrogen (secondary N) is 1. The molecule has 3 heterocycles. The van der Waals surface area contributed by atoms with Gasteiger partial charge in [-0.05, 0) is 31.7 Å². The fraction of sp³-hybridized carbons (Fsp3) is 0.400. The minimum absolute atomic E-state index is 0.502. The number of hydrogen-bond acceptors (Lipinski definition) is 7. The van der Waals surface area contributed by atoms with Gasteiger partial charge in [-0.1, -0.05) is 0 Å². The van der Waals surface area contributed by atoms with Gasteiger partial charge in [0.2, 0.25) is 0 Å². The molecule has 4 rings (SSSR count). The fourth-order valence-corrected chi connectivity index (χ4v) is 2.76. The standard InChI is InChI=1S/C15H16N6O/c1-8-18-14(13-15(19-8)22-9(2)20-13)17-7-12-16-6-10-4-3-5-11(10)21-12/h6H,3-5,7H2,1-2H3,(H,17,18,19). The third-order valence-electron chi connectivity index (χ3n) is 3.76. The molecular weight excluding hydrogens is 280 g/mol. The number of rotatable bonds is 3. The lowest BCUT2D eigenvalue weighted by atomic mass is 10.3. The Morgan fingerprint density at radius 2 is 2.05 bits per heavy atom. The zero-order valence-corrected chi connectivity index (χ0v) is 12.6. The quantitative estimate of drug-likeness (QED) is 0.791. The highest BCUT2D eigenvalue weighted by molar-refractivity contribution is 5.81. The highest BCUT2D eigenvalue weighted by atomic mass is 16.4. The monoisotopic (exact) mass is 296 g/mol. The molecule has 0 unspecified atom stereocenters. The lowest BCUT2D eigenvalue weighted by molar-refractivity contribution is 0.550. The van der Waals surface area contributed by atoms with Crippen LogP contribution < -0.4 is 5.32 Å². The lowest BCUT2D eigenvalue weighted by Crippen LogP contribution is -2.08. The van der Waals surface area contributed by atoms with Crippen LogP contribution in [-0.2, 0) is 19.4 Å². The Kier molecular flexibility index (Phi) is 2.99. The fourth-order valence-electron chi connectivity index (χ4n) is 2.76. The van der Waals surface area contributed by atoms with E-state index < -0.39 is 0 Å². The average molecular weight is 296 g/mol. The van der Waals surface area contributed by atoms with E-state index >= 15 is 0 Å². The molecule has 0 amide bonds. The molecule has 0 atom stereocenters. The van der Waals surface area contributed by atoms with Gasteiger partial charge >= 0.3 is 0 Å². The summed E-state index contributed by atoms with van der Waals surface area (Å²) in [5, 5.41) is 3.25. The molecule has 0 aromatic carbocycles. The number of anilines is 1. The van der Waals surface area contributed by atoms with Gasteiger partial charge in [-0.25, -0.2) is 19.9 Å². The van der Waals surface area contributed by atoms with E-state index in [1.165, 1.54) is 17.7 Å². The Labute approximate surface area is 127 Å². The van der Waals surface area contributed by atoms with Gasteiger partial charge in [0.05, 0.1) is 6.54 Å². The van der Waals surface area contributed by atoms with E-state index in [4.69, 9.17) is 4.42 Å². The summed E-state index contributed by atoms with van der Waals surface area (Å²) in [4.78, 5) is 22.0. The lowest BCUT2D eigenvalue weighted by Gasteiger charge is -2.06. The van der Waals surface area contributed by atoms with Crippen molar-refractivity contribution in [1.29, 1.82) is 0 Å². The van der Waals surface area contributed by atoms with Gasteiger partial charge in [0, 0.05) is 18.8 Å². The number of fused-ring (bicyclic) bond motifs is 2. The van der Waals surface area contributed by atoms with Crippen LogP contribution in [0, 0.1) is 13.8 Å². The summed E-state index contributed by atoms with van der Waals surface area (Å²) in [6, 6.07) is 0. The second-order valence-corrected chi connectivity index (χ2v) is 5.47. The molecule has 7 heteroatoms. The average Bonchev–Trinajstić information content (AvgIpc) is 3.09. The van der Waals surface area contributed by atoms with Crippen molar-refractivity contribution in [3.05, 3.63) is 35.0 Å². The smallest absolute Gasteiger partial charge is 0.252 e. The van der Waals surface area contributed by atoms with Gasteiger partial charge in [-0.3, -0.25) is 0 Å². The molecule has 0 radical (unpaired) electrons. The highest BCUT2D eigenvalue weighted by Gasteiger charge is 2.15. The summed E-state index contributed by atoms with van der Waals surface area (Å²) in [5.74, 6) is 2.64. The summed E-state index contributed by atoms with van der Waals surface area (Å²) < 4.78 is 5.47. The van der Waals surface area contributed by atoms with E-state index in [0.29, 0.717) is 35.3 Å². The number of aryl methyl sites for hydroxylation is 4. The van der Waals surface area contributed by atoms with Crippen LogP contribution in [0.4, 0.5) is 5.82 Å². The van der Waals surface area contributed by atoms with Crippen molar-refractivity contribution >= 4 is 17.0 Å². The van der Waals surface area contributed by atoms with Crippen molar-refractivity contribution in [2.75, 3.05) is 5.32 Å². The maximum atomic E-state index is 5.47. The van der Waals surface area contributed by atoms with E-state index in [2.05, 4.69) is 30.2 Å². The van der Waals surface area contributed by atoms with E-state index in [-0.39, 0.29) is 0 Å². The number of aromatic nitrogens is 5. The molecule has 0 saturated heterocycles. The van der Waals surface area contributed by atoms with Gasteiger partial charge in [0.15, 0.2) is 17.2 Å². The first-order valence-electron chi connectivity index (χ1n) is 7.38. The zero-order chi connectivity index (χ0) is 15.1. The van der Waals surface area contributed by atoms with Crippen LogP contribution in [0.1, 0.15) is 35.2 Å². The third kappa shape index (κ3) is 2.28. The van der Waals surface area contributed by atoms with Gasteiger partial charge in [-0.2, -0.15) is 4.98 Å². The van der Waals surface area contributed by atoms with Crippen LogP contribution in [0.25, 0.3) is 11.2 Å². The summed E-state index contributed by atoms with van der Waals surface area (Å²) >= 11 is 0. The first-order valence-corrected chi connectivity index (χ1v) is 7.38. The van der Waals surface area contributed by atoms with Crippen LogP contribution >= 0.6 is 0 Å². The molecule has 3 aromatic rings. The predicted octanol–water partition coefficient (Wildman–Crippen LogP) is 2.13. The largest absolute Gasteiger partial charge is 0.422 e. The molecule has 0 fully saturated rings. The van der Waals surface area contributed by atoms with Gasteiger partial charge in [0.1, 0.15) is 11.6 Å². The summed E-state index contributed by atoms with van der Waals surface area (Å²) in [6.45, 7) is 4.13. The molecule has 1 N–H and O–H groups in total. The second kappa shape index (κ2) is 5.01. The normalized spacial score (nSPS) is 13.5. The Balaban J connectivity index is 1.61. The molecule has 3 aromatic heterocycles. The van der Waals surface area contributed by atoms with Crippen LogP contribution in [0.15, 0.2) is 10.6 Å². The van der Waals surface area contributed by atoms with Crippen LogP contribution in [-0.4, -0.2) is 24.9 Å². The summed E-state index contributed by atoms with van der Waals surface area (Å²) in [7, 11) is 0. The molecule has 1 aliphatic rings. The van der Waals surface area contributed by atoms with Crippen molar-refractivity contribution in [3.63, 3.8) is 0 Å².